The summed E-state index contributed by atoms with van der Waals surface area (Å²) >= 11 is 1.30. The molecule has 0 aliphatic rings. The molecule has 8 heteroatoms. The van der Waals surface area contributed by atoms with E-state index in [-0.39, 0.29) is 6.61 Å². The zero-order valence-corrected chi connectivity index (χ0v) is 14.8. The summed E-state index contributed by atoms with van der Waals surface area (Å²) in [4.78, 5) is 21.0. The predicted octanol–water partition coefficient (Wildman–Crippen LogP) is 2.96. The number of hydrogen-bond acceptors (Lipinski definition) is 7. The monoisotopic (exact) mass is 338 g/mol. The molecule has 0 saturated carbocycles. The van der Waals surface area contributed by atoms with Crippen molar-refractivity contribution in [3.8, 4) is 5.88 Å². The summed E-state index contributed by atoms with van der Waals surface area (Å²) in [6.45, 7) is 9.39. The molecule has 23 heavy (non-hydrogen) atoms. The molecule has 2 rings (SSSR count). The van der Waals surface area contributed by atoms with Crippen LogP contribution in [0.15, 0.2) is 12.1 Å². The van der Waals surface area contributed by atoms with Crippen LogP contribution in [0.25, 0.3) is 10.3 Å². The third-order valence-corrected chi connectivity index (χ3v) is 3.46. The topological polar surface area (TPSA) is 99.4 Å². The van der Waals surface area contributed by atoms with Crippen LogP contribution >= 0.6 is 11.3 Å². The number of rotatable bonds is 4. The zero-order chi connectivity index (χ0) is 17.3. The standard InChI is InChI=1S/C15H22N4O3S/c1-14(2,3)22-13(20)19-15(4,5)8-21-10-7-6-9-11(18-10)23-12(16)17-9/h6-7H,8H2,1-5H3,(H2,16,17)(H,19,20). The highest BCUT2D eigenvalue weighted by atomic mass is 32.1. The average Bonchev–Trinajstić information content (AvgIpc) is 2.72. The maximum absolute atomic E-state index is 11.8. The summed E-state index contributed by atoms with van der Waals surface area (Å²) in [7, 11) is 0. The Morgan fingerprint density at radius 2 is 1.96 bits per heavy atom. The lowest BCUT2D eigenvalue weighted by Gasteiger charge is -2.28. The average molecular weight is 338 g/mol. The second-order valence-electron chi connectivity index (χ2n) is 6.83. The SMILES string of the molecule is CC(C)(COc1ccc2nc(N)sc2n1)NC(=O)OC(C)(C)C. The molecular weight excluding hydrogens is 316 g/mol. The fraction of sp³-hybridized carbons (Fsp3) is 0.533. The number of alkyl carbamates (subject to hydrolysis) is 1. The highest BCUT2D eigenvalue weighted by Gasteiger charge is 2.25. The summed E-state index contributed by atoms with van der Waals surface area (Å²) < 4.78 is 10.9. The van der Waals surface area contributed by atoms with Gasteiger partial charge in [-0.25, -0.2) is 14.8 Å². The van der Waals surface area contributed by atoms with Crippen molar-refractivity contribution >= 4 is 32.9 Å². The highest BCUT2D eigenvalue weighted by molar-refractivity contribution is 7.21. The van der Waals surface area contributed by atoms with Gasteiger partial charge in [0.25, 0.3) is 0 Å². The van der Waals surface area contributed by atoms with Gasteiger partial charge in [-0.1, -0.05) is 11.3 Å². The molecule has 0 aliphatic heterocycles. The molecule has 0 saturated heterocycles. The van der Waals surface area contributed by atoms with Crippen LogP contribution in [0, 0.1) is 0 Å². The number of nitrogens with zero attached hydrogens (tertiary/aromatic N) is 2. The Labute approximate surface area is 139 Å². The minimum atomic E-state index is -0.605. The van der Waals surface area contributed by atoms with Crippen LogP contribution in [-0.2, 0) is 4.74 Å². The Bertz CT molecular complexity index is 706. The molecule has 0 aromatic carbocycles. The van der Waals surface area contributed by atoms with Gasteiger partial charge >= 0.3 is 6.09 Å². The number of carbonyl (C=O) groups excluding carboxylic acids is 1. The summed E-state index contributed by atoms with van der Waals surface area (Å²) in [6.07, 6.45) is -0.482. The quantitative estimate of drug-likeness (QED) is 0.889. The molecule has 126 valence electrons. The number of anilines is 1. The molecule has 0 aliphatic carbocycles. The van der Waals surface area contributed by atoms with E-state index in [0.717, 1.165) is 10.3 Å². The lowest BCUT2D eigenvalue weighted by Crippen LogP contribution is -2.49. The van der Waals surface area contributed by atoms with Crippen molar-refractivity contribution in [1.29, 1.82) is 0 Å². The van der Waals surface area contributed by atoms with Crippen molar-refractivity contribution in [2.45, 2.75) is 45.8 Å². The number of pyridine rings is 1. The molecule has 2 heterocycles. The summed E-state index contributed by atoms with van der Waals surface area (Å²) in [6, 6.07) is 3.53. The highest BCUT2D eigenvalue weighted by Crippen LogP contribution is 2.24. The van der Waals surface area contributed by atoms with Crippen molar-refractivity contribution in [3.05, 3.63) is 12.1 Å². The molecule has 2 aromatic heterocycles. The number of nitrogen functional groups attached to an aromatic ring is 1. The van der Waals surface area contributed by atoms with Crippen LogP contribution in [0.1, 0.15) is 34.6 Å². The summed E-state index contributed by atoms with van der Waals surface area (Å²) in [5, 5.41) is 3.25. The molecule has 0 fully saturated rings. The second-order valence-corrected chi connectivity index (χ2v) is 7.83. The number of ether oxygens (including phenoxy) is 2. The van der Waals surface area contributed by atoms with E-state index in [0.29, 0.717) is 11.0 Å². The van der Waals surface area contributed by atoms with Gasteiger partial charge in [-0.3, -0.25) is 0 Å². The van der Waals surface area contributed by atoms with Gasteiger partial charge in [0, 0.05) is 6.07 Å². The van der Waals surface area contributed by atoms with Gasteiger partial charge in [0.15, 0.2) is 5.13 Å². The van der Waals surface area contributed by atoms with E-state index in [2.05, 4.69) is 15.3 Å². The summed E-state index contributed by atoms with van der Waals surface area (Å²) in [5.41, 5.74) is 5.25. The third kappa shape index (κ3) is 5.24. The smallest absolute Gasteiger partial charge is 0.408 e. The van der Waals surface area contributed by atoms with Crippen LogP contribution in [-0.4, -0.2) is 33.8 Å². The van der Waals surface area contributed by atoms with Crippen molar-refractivity contribution in [3.63, 3.8) is 0 Å². The van der Waals surface area contributed by atoms with Gasteiger partial charge in [-0.15, -0.1) is 0 Å². The number of hydrogen-bond donors (Lipinski definition) is 2. The molecule has 0 spiro atoms. The fourth-order valence-corrected chi connectivity index (χ4v) is 2.46. The Kier molecular flexibility index (Phi) is 4.65. The summed E-state index contributed by atoms with van der Waals surface area (Å²) in [5.74, 6) is 0.459. The number of nitrogens with two attached hydrogens (primary N) is 1. The first-order chi connectivity index (χ1) is 10.5. The first kappa shape index (κ1) is 17.3. The van der Waals surface area contributed by atoms with E-state index in [4.69, 9.17) is 15.2 Å². The number of fused-ring (bicyclic) bond motifs is 1. The lowest BCUT2D eigenvalue weighted by atomic mass is 10.1. The number of aromatic nitrogens is 2. The zero-order valence-electron chi connectivity index (χ0n) is 14.0. The van der Waals surface area contributed by atoms with Crippen molar-refractivity contribution in [1.82, 2.24) is 15.3 Å². The third-order valence-electron chi connectivity index (χ3n) is 2.67. The van der Waals surface area contributed by atoms with Gasteiger partial charge in [0.2, 0.25) is 5.88 Å². The van der Waals surface area contributed by atoms with Crippen LogP contribution in [0.4, 0.5) is 9.93 Å². The largest absolute Gasteiger partial charge is 0.475 e. The van der Waals surface area contributed by atoms with Gasteiger partial charge in [0.1, 0.15) is 22.6 Å². The van der Waals surface area contributed by atoms with Crippen LogP contribution in [0.5, 0.6) is 5.88 Å². The molecule has 3 N–H and O–H groups in total. The van der Waals surface area contributed by atoms with E-state index in [1.807, 2.05) is 34.6 Å². The van der Waals surface area contributed by atoms with E-state index in [9.17, 15) is 4.79 Å². The molecule has 0 bridgehead atoms. The maximum atomic E-state index is 11.8. The molecule has 7 nitrogen and oxygen atoms in total. The Morgan fingerprint density at radius 1 is 1.26 bits per heavy atom. The normalized spacial score (nSPS) is 12.2. The number of nitrogens with one attached hydrogen (secondary N) is 1. The van der Waals surface area contributed by atoms with Gasteiger partial charge in [-0.05, 0) is 40.7 Å². The van der Waals surface area contributed by atoms with Crippen molar-refractivity contribution < 1.29 is 14.3 Å². The number of carbonyl (C=O) groups is 1. The van der Waals surface area contributed by atoms with Gasteiger partial charge < -0.3 is 20.5 Å². The second kappa shape index (κ2) is 6.19. The lowest BCUT2D eigenvalue weighted by molar-refractivity contribution is 0.0440. The predicted molar refractivity (Wildman–Crippen MR) is 90.8 cm³/mol. The molecule has 0 unspecified atom stereocenters. The minimum absolute atomic E-state index is 0.249. The van der Waals surface area contributed by atoms with E-state index in [1.54, 1.807) is 12.1 Å². The van der Waals surface area contributed by atoms with E-state index in [1.165, 1.54) is 11.3 Å². The molecular formula is C15H22N4O3S. The van der Waals surface area contributed by atoms with Crippen LogP contribution < -0.4 is 15.8 Å². The van der Waals surface area contributed by atoms with Gasteiger partial charge in [0.05, 0.1) is 5.54 Å². The van der Waals surface area contributed by atoms with Crippen molar-refractivity contribution in [2.24, 2.45) is 0 Å². The molecule has 0 radical (unpaired) electrons. The number of thiazole rings is 1. The maximum Gasteiger partial charge on any atom is 0.408 e. The molecule has 1 amide bonds. The number of amides is 1. The first-order valence-corrected chi connectivity index (χ1v) is 8.03. The fourth-order valence-electron chi connectivity index (χ4n) is 1.77. The molecule has 2 aromatic rings. The van der Waals surface area contributed by atoms with E-state index >= 15 is 0 Å². The molecule has 0 atom stereocenters. The minimum Gasteiger partial charge on any atom is -0.475 e. The Hall–Kier alpha value is -2.09. The Morgan fingerprint density at radius 3 is 2.61 bits per heavy atom. The van der Waals surface area contributed by atoms with Gasteiger partial charge in [-0.2, -0.15) is 0 Å². The van der Waals surface area contributed by atoms with Crippen LogP contribution in [0.3, 0.4) is 0 Å². The Balaban J connectivity index is 1.95. The van der Waals surface area contributed by atoms with Crippen LogP contribution in [0.2, 0.25) is 0 Å². The van der Waals surface area contributed by atoms with E-state index < -0.39 is 17.2 Å². The first-order valence-electron chi connectivity index (χ1n) is 7.21. The van der Waals surface area contributed by atoms with Crippen molar-refractivity contribution in [2.75, 3.05) is 12.3 Å².